The van der Waals surface area contributed by atoms with Gasteiger partial charge in [0.15, 0.2) is 11.4 Å². The SMILES string of the molecule is CCCN1C(=O)[C@@](O)(CC(=O)c2ccc(Br)s2)c2cc(Br)ccc21. The van der Waals surface area contributed by atoms with Crippen LogP contribution in [0.1, 0.15) is 35.0 Å². The zero-order chi connectivity index (χ0) is 17.5. The summed E-state index contributed by atoms with van der Waals surface area (Å²) < 4.78 is 1.60. The van der Waals surface area contributed by atoms with E-state index in [4.69, 9.17) is 0 Å². The highest BCUT2D eigenvalue weighted by Gasteiger charge is 2.50. The van der Waals surface area contributed by atoms with Crippen LogP contribution in [-0.4, -0.2) is 23.3 Å². The van der Waals surface area contributed by atoms with Gasteiger partial charge in [-0.25, -0.2) is 0 Å². The van der Waals surface area contributed by atoms with Gasteiger partial charge in [0.25, 0.3) is 5.91 Å². The van der Waals surface area contributed by atoms with Crippen LogP contribution in [0.3, 0.4) is 0 Å². The monoisotopic (exact) mass is 471 g/mol. The fraction of sp³-hybridized carbons (Fsp3) is 0.294. The maximum atomic E-state index is 12.9. The van der Waals surface area contributed by atoms with Crippen LogP contribution in [0.25, 0.3) is 0 Å². The first-order valence-corrected chi connectivity index (χ1v) is 9.90. The molecule has 1 amide bonds. The fourth-order valence-corrected chi connectivity index (χ4v) is 4.61. The van der Waals surface area contributed by atoms with Crippen molar-refractivity contribution >= 4 is 60.6 Å². The number of fused-ring (bicyclic) bond motifs is 1. The summed E-state index contributed by atoms with van der Waals surface area (Å²) in [5.74, 6) is -0.674. The molecule has 2 heterocycles. The number of thiophene rings is 1. The molecule has 1 aromatic heterocycles. The van der Waals surface area contributed by atoms with Gasteiger partial charge in [-0.3, -0.25) is 9.59 Å². The zero-order valence-electron chi connectivity index (χ0n) is 12.9. The number of nitrogens with zero attached hydrogens (tertiary/aromatic N) is 1. The maximum Gasteiger partial charge on any atom is 0.264 e. The molecule has 1 aliphatic rings. The summed E-state index contributed by atoms with van der Waals surface area (Å²) in [5.41, 5.74) is -0.658. The third kappa shape index (κ3) is 2.98. The number of rotatable bonds is 5. The Morgan fingerprint density at radius 1 is 1.29 bits per heavy atom. The average Bonchev–Trinajstić information content (AvgIpc) is 3.05. The van der Waals surface area contributed by atoms with Crippen LogP contribution < -0.4 is 4.90 Å². The normalized spacial score (nSPS) is 19.7. The van der Waals surface area contributed by atoms with Gasteiger partial charge in [0.2, 0.25) is 0 Å². The lowest BCUT2D eigenvalue weighted by atomic mass is 9.89. The average molecular weight is 473 g/mol. The van der Waals surface area contributed by atoms with Gasteiger partial charge in [-0.1, -0.05) is 22.9 Å². The number of hydrogen-bond donors (Lipinski definition) is 1. The number of benzene rings is 1. The third-order valence-corrected chi connectivity index (χ3v) is 6.16. The van der Waals surface area contributed by atoms with Crippen molar-refractivity contribution in [2.75, 3.05) is 11.4 Å². The van der Waals surface area contributed by atoms with Gasteiger partial charge < -0.3 is 10.0 Å². The van der Waals surface area contributed by atoms with E-state index in [1.165, 1.54) is 11.3 Å². The molecule has 0 unspecified atom stereocenters. The van der Waals surface area contributed by atoms with Gasteiger partial charge >= 0.3 is 0 Å². The molecular formula is C17H15Br2NO3S. The number of amides is 1. The van der Waals surface area contributed by atoms with Crippen LogP contribution >= 0.6 is 43.2 Å². The predicted molar refractivity (Wildman–Crippen MR) is 102 cm³/mol. The van der Waals surface area contributed by atoms with Gasteiger partial charge in [-0.05, 0) is 52.7 Å². The van der Waals surface area contributed by atoms with E-state index in [2.05, 4.69) is 31.9 Å². The number of halogens is 2. The Kier molecular flexibility index (Phi) is 4.97. The molecule has 0 saturated heterocycles. The molecule has 1 aromatic carbocycles. The van der Waals surface area contributed by atoms with Crippen molar-refractivity contribution in [2.45, 2.75) is 25.4 Å². The third-order valence-electron chi connectivity index (χ3n) is 4.01. The highest BCUT2D eigenvalue weighted by Crippen LogP contribution is 2.44. The largest absolute Gasteiger partial charge is 0.375 e. The quantitative estimate of drug-likeness (QED) is 0.652. The minimum atomic E-state index is -1.82. The van der Waals surface area contributed by atoms with Crippen LogP contribution in [0, 0.1) is 0 Å². The number of carbonyl (C=O) groups excluding carboxylic acids is 2. The second-order valence-corrected chi connectivity index (χ2v) is 9.06. The Morgan fingerprint density at radius 3 is 2.67 bits per heavy atom. The fourth-order valence-electron chi connectivity index (χ4n) is 2.92. The summed E-state index contributed by atoms with van der Waals surface area (Å²) >= 11 is 8.00. The highest BCUT2D eigenvalue weighted by atomic mass is 79.9. The van der Waals surface area contributed by atoms with Crippen molar-refractivity contribution in [3.8, 4) is 0 Å². The van der Waals surface area contributed by atoms with Crippen LogP contribution in [0.4, 0.5) is 5.69 Å². The number of aliphatic hydroxyl groups is 1. The first-order chi connectivity index (χ1) is 11.4. The summed E-state index contributed by atoms with van der Waals surface area (Å²) in [7, 11) is 0. The van der Waals surface area contributed by atoms with Crippen molar-refractivity contribution in [3.63, 3.8) is 0 Å². The van der Waals surface area contributed by atoms with Crippen molar-refractivity contribution in [1.29, 1.82) is 0 Å². The van der Waals surface area contributed by atoms with Crippen LogP contribution in [-0.2, 0) is 10.4 Å². The minimum absolute atomic E-state index is 0.245. The Hall–Kier alpha value is -1.02. The summed E-state index contributed by atoms with van der Waals surface area (Å²) in [4.78, 5) is 27.5. The van der Waals surface area contributed by atoms with Crippen LogP contribution in [0.5, 0.6) is 0 Å². The standard InChI is InChI=1S/C17H15Br2NO3S/c1-2-7-20-12-4-3-10(18)8-11(12)17(23,16(20)22)9-13(21)14-5-6-15(19)24-14/h3-6,8,23H,2,7,9H2,1H3/t17-/m1/s1. The lowest BCUT2D eigenvalue weighted by Crippen LogP contribution is -2.42. The van der Waals surface area contributed by atoms with Crippen molar-refractivity contribution in [1.82, 2.24) is 0 Å². The smallest absolute Gasteiger partial charge is 0.264 e. The summed E-state index contributed by atoms with van der Waals surface area (Å²) in [6.45, 7) is 2.48. The molecule has 0 bridgehead atoms. The molecule has 0 spiro atoms. The zero-order valence-corrected chi connectivity index (χ0v) is 16.9. The Labute approximate surface area is 160 Å². The maximum absolute atomic E-state index is 12.9. The van der Waals surface area contributed by atoms with Gasteiger partial charge in [-0.2, -0.15) is 0 Å². The van der Waals surface area contributed by atoms with E-state index >= 15 is 0 Å². The van der Waals surface area contributed by atoms with Crippen molar-refractivity contribution in [3.05, 3.63) is 49.0 Å². The first kappa shape index (κ1) is 17.8. The molecule has 0 fully saturated rings. The first-order valence-electron chi connectivity index (χ1n) is 7.49. The van der Waals surface area contributed by atoms with E-state index in [9.17, 15) is 14.7 Å². The van der Waals surface area contributed by atoms with Gasteiger partial charge in [0.05, 0.1) is 20.8 Å². The number of hydrogen-bond acceptors (Lipinski definition) is 4. The Morgan fingerprint density at radius 2 is 2.04 bits per heavy atom. The van der Waals surface area contributed by atoms with E-state index in [1.54, 1.807) is 29.2 Å². The molecule has 3 rings (SSSR count). The van der Waals surface area contributed by atoms with Crippen LogP contribution in [0.2, 0.25) is 0 Å². The number of carbonyl (C=O) groups is 2. The second-order valence-electron chi connectivity index (χ2n) is 5.68. The molecule has 4 nitrogen and oxygen atoms in total. The molecule has 1 N–H and O–H groups in total. The van der Waals surface area contributed by atoms with Gasteiger partial charge in [0.1, 0.15) is 0 Å². The lowest BCUT2D eigenvalue weighted by molar-refractivity contribution is -0.135. The highest BCUT2D eigenvalue weighted by molar-refractivity contribution is 9.11. The van der Waals surface area contributed by atoms with Crippen molar-refractivity contribution < 1.29 is 14.7 Å². The molecule has 0 saturated carbocycles. The molecule has 24 heavy (non-hydrogen) atoms. The molecule has 2 aromatic rings. The summed E-state index contributed by atoms with van der Waals surface area (Å²) in [5, 5.41) is 11.1. The van der Waals surface area contributed by atoms with E-state index in [0.29, 0.717) is 22.7 Å². The Balaban J connectivity index is 2.01. The Bertz CT molecular complexity index is 820. The molecule has 0 aliphatic carbocycles. The van der Waals surface area contributed by atoms with E-state index in [0.717, 1.165) is 14.7 Å². The topological polar surface area (TPSA) is 57.6 Å². The molecule has 1 aliphatic heterocycles. The van der Waals surface area contributed by atoms with Crippen molar-refractivity contribution in [2.24, 2.45) is 0 Å². The molecule has 0 radical (unpaired) electrons. The molecule has 126 valence electrons. The molecule has 1 atom stereocenters. The minimum Gasteiger partial charge on any atom is -0.375 e. The van der Waals surface area contributed by atoms with E-state index in [1.807, 2.05) is 13.0 Å². The summed E-state index contributed by atoms with van der Waals surface area (Å²) in [6, 6.07) is 8.84. The van der Waals surface area contributed by atoms with Gasteiger partial charge in [-0.15, -0.1) is 11.3 Å². The number of anilines is 1. The predicted octanol–water partition coefficient (Wildman–Crippen LogP) is 4.49. The second kappa shape index (κ2) is 6.71. The number of ketones is 1. The van der Waals surface area contributed by atoms with E-state index in [-0.39, 0.29) is 12.2 Å². The summed E-state index contributed by atoms with van der Waals surface area (Å²) in [6.07, 6.45) is 0.506. The molecule has 7 heteroatoms. The van der Waals surface area contributed by atoms with Gasteiger partial charge in [0, 0.05) is 16.6 Å². The van der Waals surface area contributed by atoms with E-state index < -0.39 is 11.5 Å². The number of Topliss-reactive ketones (excluding diaryl/α,β-unsaturated/α-hetero) is 1. The molecular weight excluding hydrogens is 458 g/mol. The van der Waals surface area contributed by atoms with Crippen LogP contribution in [0.15, 0.2) is 38.6 Å². The lowest BCUT2D eigenvalue weighted by Gasteiger charge is -2.22.